The average molecular weight is 251 g/mol. The summed E-state index contributed by atoms with van der Waals surface area (Å²) in [5.41, 5.74) is 6.35. The van der Waals surface area contributed by atoms with E-state index in [1.165, 1.54) is 11.0 Å². The first-order valence-corrected chi connectivity index (χ1v) is 5.44. The molecule has 4 N–H and O–H groups in total. The van der Waals surface area contributed by atoms with Gasteiger partial charge in [-0.3, -0.25) is 4.79 Å². The van der Waals surface area contributed by atoms with Crippen molar-refractivity contribution in [3.63, 3.8) is 0 Å². The lowest BCUT2D eigenvalue weighted by Gasteiger charge is -2.21. The Bertz CT molecular complexity index is 472. The third-order valence-electron chi connectivity index (χ3n) is 2.50. The number of carboxylic acids is 1. The van der Waals surface area contributed by atoms with Crippen molar-refractivity contribution in [3.8, 4) is 0 Å². The molecule has 1 aromatic carbocycles. The van der Waals surface area contributed by atoms with Gasteiger partial charge in [-0.1, -0.05) is 6.07 Å². The van der Waals surface area contributed by atoms with Gasteiger partial charge in [-0.2, -0.15) is 0 Å². The highest BCUT2D eigenvalue weighted by atomic mass is 16.4. The lowest BCUT2D eigenvalue weighted by molar-refractivity contribution is -0.129. The molecule has 0 aliphatic rings. The minimum atomic E-state index is -1.09. The Labute approximate surface area is 105 Å². The Morgan fingerprint density at radius 1 is 1.39 bits per heavy atom. The number of para-hydroxylation sites is 1. The zero-order valence-electron chi connectivity index (χ0n) is 10.6. The highest BCUT2D eigenvalue weighted by Crippen LogP contribution is 2.24. The van der Waals surface area contributed by atoms with Gasteiger partial charge in [-0.05, 0) is 19.1 Å². The number of aromatic carboxylic acids is 1. The zero-order valence-corrected chi connectivity index (χ0v) is 10.6. The average Bonchev–Trinajstić information content (AvgIpc) is 2.30. The second-order valence-electron chi connectivity index (χ2n) is 4.17. The molecule has 1 unspecified atom stereocenters. The number of nitrogens with zero attached hydrogens (tertiary/aromatic N) is 1. The number of carbonyl (C=O) groups is 2. The fourth-order valence-corrected chi connectivity index (χ4v) is 1.58. The maximum Gasteiger partial charge on any atom is 0.337 e. The van der Waals surface area contributed by atoms with E-state index in [9.17, 15) is 9.59 Å². The number of amides is 1. The molecule has 0 heterocycles. The molecule has 1 rings (SSSR count). The van der Waals surface area contributed by atoms with E-state index in [1.54, 1.807) is 33.2 Å². The molecule has 0 aromatic heterocycles. The van der Waals surface area contributed by atoms with Gasteiger partial charge in [0, 0.05) is 14.1 Å². The van der Waals surface area contributed by atoms with E-state index < -0.39 is 12.0 Å². The lowest BCUT2D eigenvalue weighted by atomic mass is 10.1. The predicted octanol–water partition coefficient (Wildman–Crippen LogP) is 0.856. The van der Waals surface area contributed by atoms with Gasteiger partial charge in [0.25, 0.3) is 0 Å². The first-order chi connectivity index (χ1) is 8.34. The number of nitrogen functional groups attached to an aromatic ring is 1. The number of hydrogen-bond acceptors (Lipinski definition) is 4. The number of nitrogens with two attached hydrogens (primary N) is 1. The molecule has 18 heavy (non-hydrogen) atoms. The van der Waals surface area contributed by atoms with E-state index in [2.05, 4.69) is 5.32 Å². The van der Waals surface area contributed by atoms with Gasteiger partial charge >= 0.3 is 5.97 Å². The smallest absolute Gasteiger partial charge is 0.337 e. The summed E-state index contributed by atoms with van der Waals surface area (Å²) in [6, 6.07) is 4.03. The highest BCUT2D eigenvalue weighted by molar-refractivity contribution is 5.98. The van der Waals surface area contributed by atoms with Crippen LogP contribution in [0.4, 0.5) is 11.4 Å². The van der Waals surface area contributed by atoms with Gasteiger partial charge in [-0.25, -0.2) is 4.79 Å². The molecule has 98 valence electrons. The van der Waals surface area contributed by atoms with Crippen LogP contribution in [0, 0.1) is 0 Å². The summed E-state index contributed by atoms with van der Waals surface area (Å²) >= 11 is 0. The van der Waals surface area contributed by atoms with Gasteiger partial charge in [0.1, 0.15) is 6.04 Å². The summed E-state index contributed by atoms with van der Waals surface area (Å²) in [6.45, 7) is 1.65. The van der Waals surface area contributed by atoms with Crippen LogP contribution in [0.5, 0.6) is 0 Å². The Hall–Kier alpha value is -2.24. The molecule has 0 aliphatic heterocycles. The molecule has 1 amide bonds. The molecule has 0 saturated carbocycles. The van der Waals surface area contributed by atoms with E-state index in [-0.39, 0.29) is 17.2 Å². The van der Waals surface area contributed by atoms with E-state index in [1.807, 2.05) is 0 Å². The normalized spacial score (nSPS) is 11.7. The van der Waals surface area contributed by atoms with Crippen LogP contribution >= 0.6 is 0 Å². The largest absolute Gasteiger partial charge is 0.478 e. The van der Waals surface area contributed by atoms with E-state index in [4.69, 9.17) is 10.8 Å². The Balaban J connectivity index is 3.04. The molecule has 6 nitrogen and oxygen atoms in total. The molecule has 0 fully saturated rings. The summed E-state index contributed by atoms with van der Waals surface area (Å²) in [4.78, 5) is 24.2. The molecule has 1 aromatic rings. The first-order valence-electron chi connectivity index (χ1n) is 5.44. The number of carbonyl (C=O) groups excluding carboxylic acids is 1. The van der Waals surface area contributed by atoms with Gasteiger partial charge in [0.2, 0.25) is 5.91 Å². The molecule has 1 atom stereocenters. The topological polar surface area (TPSA) is 95.7 Å². The predicted molar refractivity (Wildman–Crippen MR) is 69.6 cm³/mol. The maximum absolute atomic E-state index is 11.7. The minimum absolute atomic E-state index is 0.0495. The SMILES string of the molecule is CC(Nc1c(N)cccc1C(=O)O)C(=O)N(C)C. The van der Waals surface area contributed by atoms with Crippen LogP contribution in [-0.4, -0.2) is 42.0 Å². The number of anilines is 2. The number of nitrogens with one attached hydrogen (secondary N) is 1. The number of rotatable bonds is 4. The van der Waals surface area contributed by atoms with Crippen molar-refractivity contribution in [2.75, 3.05) is 25.1 Å². The van der Waals surface area contributed by atoms with Crippen LogP contribution in [0.1, 0.15) is 17.3 Å². The number of carboxylic acid groups (broad SMARTS) is 1. The van der Waals surface area contributed by atoms with Crippen LogP contribution in [0.3, 0.4) is 0 Å². The highest BCUT2D eigenvalue weighted by Gasteiger charge is 2.19. The van der Waals surface area contributed by atoms with Gasteiger partial charge in [-0.15, -0.1) is 0 Å². The summed E-state index contributed by atoms with van der Waals surface area (Å²) in [5.74, 6) is -1.25. The van der Waals surface area contributed by atoms with Crippen molar-refractivity contribution in [1.82, 2.24) is 4.90 Å². The van der Waals surface area contributed by atoms with Gasteiger partial charge in [0.05, 0.1) is 16.9 Å². The fourth-order valence-electron chi connectivity index (χ4n) is 1.58. The van der Waals surface area contributed by atoms with Crippen molar-refractivity contribution >= 4 is 23.3 Å². The van der Waals surface area contributed by atoms with Crippen molar-refractivity contribution < 1.29 is 14.7 Å². The van der Waals surface area contributed by atoms with Gasteiger partial charge in [0.15, 0.2) is 0 Å². The van der Waals surface area contributed by atoms with E-state index in [0.29, 0.717) is 5.69 Å². The van der Waals surface area contributed by atoms with Crippen LogP contribution in [-0.2, 0) is 4.79 Å². The fraction of sp³-hybridized carbons (Fsp3) is 0.333. The first kappa shape index (κ1) is 13.8. The van der Waals surface area contributed by atoms with Crippen LogP contribution in [0.25, 0.3) is 0 Å². The second-order valence-corrected chi connectivity index (χ2v) is 4.17. The van der Waals surface area contributed by atoms with Crippen LogP contribution in [0.2, 0.25) is 0 Å². The minimum Gasteiger partial charge on any atom is -0.478 e. The molecule has 0 saturated heterocycles. The molecule has 0 radical (unpaired) electrons. The summed E-state index contributed by atoms with van der Waals surface area (Å²) in [5, 5.41) is 11.9. The Morgan fingerprint density at radius 2 is 2.00 bits per heavy atom. The van der Waals surface area contributed by atoms with Gasteiger partial charge < -0.3 is 21.1 Å². The van der Waals surface area contributed by atoms with Crippen molar-refractivity contribution in [1.29, 1.82) is 0 Å². The Morgan fingerprint density at radius 3 is 2.50 bits per heavy atom. The molecular formula is C12H17N3O3. The molecule has 0 bridgehead atoms. The third kappa shape index (κ3) is 2.91. The Kier molecular flexibility index (Phi) is 4.14. The van der Waals surface area contributed by atoms with Crippen LogP contribution < -0.4 is 11.1 Å². The maximum atomic E-state index is 11.7. The summed E-state index contributed by atoms with van der Waals surface area (Å²) in [6.07, 6.45) is 0. The molecular weight excluding hydrogens is 234 g/mol. The van der Waals surface area contributed by atoms with Crippen molar-refractivity contribution in [2.45, 2.75) is 13.0 Å². The third-order valence-corrected chi connectivity index (χ3v) is 2.50. The molecule has 0 aliphatic carbocycles. The van der Waals surface area contributed by atoms with E-state index >= 15 is 0 Å². The molecule has 0 spiro atoms. The van der Waals surface area contributed by atoms with Crippen molar-refractivity contribution in [3.05, 3.63) is 23.8 Å². The number of likely N-dealkylation sites (N-methyl/N-ethyl adjacent to an activating group) is 1. The molecule has 6 heteroatoms. The number of benzene rings is 1. The second kappa shape index (κ2) is 5.39. The lowest BCUT2D eigenvalue weighted by Crippen LogP contribution is -2.37. The monoisotopic (exact) mass is 251 g/mol. The van der Waals surface area contributed by atoms with Crippen molar-refractivity contribution in [2.24, 2.45) is 0 Å². The quantitative estimate of drug-likeness (QED) is 0.690. The summed E-state index contributed by atoms with van der Waals surface area (Å²) < 4.78 is 0. The van der Waals surface area contributed by atoms with Crippen LogP contribution in [0.15, 0.2) is 18.2 Å². The number of hydrogen-bond donors (Lipinski definition) is 3. The van der Waals surface area contributed by atoms with E-state index in [0.717, 1.165) is 0 Å². The summed E-state index contributed by atoms with van der Waals surface area (Å²) in [7, 11) is 3.26. The zero-order chi connectivity index (χ0) is 13.9. The standard InChI is InChI=1S/C12H17N3O3/c1-7(11(16)15(2)3)14-10-8(12(17)18)5-4-6-9(10)13/h4-7,14H,13H2,1-3H3,(H,17,18).